The van der Waals surface area contributed by atoms with Gasteiger partial charge in [0.05, 0.1) is 13.2 Å². The maximum absolute atomic E-state index is 12.4. The first kappa shape index (κ1) is 22.1. The molecule has 1 aromatic heterocycles. The summed E-state index contributed by atoms with van der Waals surface area (Å²) in [6.45, 7) is 5.17. The van der Waals surface area contributed by atoms with Crippen LogP contribution in [0.25, 0.3) is 0 Å². The molecule has 0 radical (unpaired) electrons. The van der Waals surface area contributed by atoms with Gasteiger partial charge in [-0.1, -0.05) is 0 Å². The number of aryl methyl sites for hydroxylation is 1. The lowest BCUT2D eigenvalue weighted by molar-refractivity contribution is -0.192. The molecule has 28 heavy (non-hydrogen) atoms. The number of amides is 1. The number of likely N-dealkylation sites (tertiary alicyclic amines) is 1. The van der Waals surface area contributed by atoms with Crippen LogP contribution in [0.2, 0.25) is 0 Å². The van der Waals surface area contributed by atoms with Crippen molar-refractivity contribution >= 4 is 11.9 Å². The smallest absolute Gasteiger partial charge is 0.475 e. The summed E-state index contributed by atoms with van der Waals surface area (Å²) >= 11 is 0. The second-order valence-corrected chi connectivity index (χ2v) is 7.13. The van der Waals surface area contributed by atoms with Crippen molar-refractivity contribution < 1.29 is 32.6 Å². The molecule has 1 amide bonds. The van der Waals surface area contributed by atoms with Crippen LogP contribution in [0.15, 0.2) is 6.33 Å². The first-order valence-electron chi connectivity index (χ1n) is 8.74. The van der Waals surface area contributed by atoms with E-state index in [1.54, 1.807) is 18.1 Å². The molecule has 0 bridgehead atoms. The van der Waals surface area contributed by atoms with Crippen molar-refractivity contribution in [3.8, 4) is 0 Å². The normalized spacial score (nSPS) is 20.2. The minimum atomic E-state index is -5.08. The van der Waals surface area contributed by atoms with Gasteiger partial charge in [0.2, 0.25) is 5.82 Å². The van der Waals surface area contributed by atoms with Gasteiger partial charge in [0.1, 0.15) is 6.33 Å². The second kappa shape index (κ2) is 8.86. The number of hydrogen-bond acceptors (Lipinski definition) is 6. The molecular formula is C16H24F3N5O4. The predicted octanol–water partition coefficient (Wildman–Crippen LogP) is 0.633. The summed E-state index contributed by atoms with van der Waals surface area (Å²) in [6, 6.07) is 0. The summed E-state index contributed by atoms with van der Waals surface area (Å²) in [5, 5.41) is 11.2. The first-order valence-corrected chi connectivity index (χ1v) is 8.74. The van der Waals surface area contributed by atoms with Gasteiger partial charge in [-0.2, -0.15) is 13.2 Å². The molecule has 0 saturated carbocycles. The number of hydrogen-bond donors (Lipinski definition) is 1. The fraction of sp³-hybridized carbons (Fsp3) is 0.750. The summed E-state index contributed by atoms with van der Waals surface area (Å²) in [6.07, 6.45) is -1.56. The Morgan fingerprint density at radius 2 is 1.82 bits per heavy atom. The monoisotopic (exact) mass is 407 g/mol. The van der Waals surface area contributed by atoms with Crippen LogP contribution in [0, 0.1) is 5.41 Å². The van der Waals surface area contributed by atoms with Crippen molar-refractivity contribution in [2.75, 3.05) is 46.4 Å². The van der Waals surface area contributed by atoms with E-state index >= 15 is 0 Å². The van der Waals surface area contributed by atoms with E-state index in [2.05, 4.69) is 22.0 Å². The molecule has 2 aliphatic rings. The molecule has 9 nitrogen and oxygen atoms in total. The summed E-state index contributed by atoms with van der Waals surface area (Å²) in [5.74, 6) is -2.52. The number of nitrogens with zero attached hydrogens (tertiary/aromatic N) is 5. The SMILES string of the molecule is CN1CCOCC2(CCN(C(=O)c3ncn(C)n3)CC2)C1.O=C(O)C(F)(F)F. The molecule has 0 aromatic carbocycles. The Balaban J connectivity index is 0.000000345. The number of alkyl halides is 3. The lowest BCUT2D eigenvalue weighted by Crippen LogP contribution is -2.48. The largest absolute Gasteiger partial charge is 0.490 e. The van der Waals surface area contributed by atoms with E-state index in [4.69, 9.17) is 14.6 Å². The Labute approximate surface area is 160 Å². The van der Waals surface area contributed by atoms with Crippen LogP contribution in [-0.2, 0) is 16.6 Å². The van der Waals surface area contributed by atoms with Gasteiger partial charge in [-0.25, -0.2) is 9.78 Å². The fourth-order valence-corrected chi connectivity index (χ4v) is 3.27. The average molecular weight is 407 g/mol. The fourth-order valence-electron chi connectivity index (χ4n) is 3.27. The highest BCUT2D eigenvalue weighted by molar-refractivity contribution is 5.90. The highest BCUT2D eigenvalue weighted by Gasteiger charge is 2.39. The topological polar surface area (TPSA) is 101 Å². The standard InChI is InChI=1S/C14H23N5O2.C2HF3O2/c1-17-7-8-21-10-14(9-17)3-5-19(6-4-14)13(20)12-15-11-18(2)16-12;3-2(4,5)1(6)7/h11H,3-10H2,1-2H3;(H,6,7). The van der Waals surface area contributed by atoms with Gasteiger partial charge in [0, 0.05) is 38.6 Å². The van der Waals surface area contributed by atoms with E-state index in [1.165, 1.54) is 0 Å². The molecule has 1 N–H and O–H groups in total. The highest BCUT2D eigenvalue weighted by atomic mass is 19.4. The van der Waals surface area contributed by atoms with Gasteiger partial charge in [0.25, 0.3) is 5.91 Å². The number of aliphatic carboxylic acids is 1. The number of halogens is 3. The van der Waals surface area contributed by atoms with Crippen LogP contribution in [-0.4, -0.2) is 94.2 Å². The zero-order valence-corrected chi connectivity index (χ0v) is 15.8. The molecule has 158 valence electrons. The molecule has 2 saturated heterocycles. The molecule has 0 unspecified atom stereocenters. The Kier molecular flexibility index (Phi) is 6.99. The summed E-state index contributed by atoms with van der Waals surface area (Å²) < 4.78 is 39.1. The van der Waals surface area contributed by atoms with Gasteiger partial charge in [-0.05, 0) is 19.9 Å². The quantitative estimate of drug-likeness (QED) is 0.729. The van der Waals surface area contributed by atoms with Crippen LogP contribution >= 0.6 is 0 Å². The number of rotatable bonds is 1. The van der Waals surface area contributed by atoms with Crippen LogP contribution < -0.4 is 0 Å². The maximum atomic E-state index is 12.4. The average Bonchev–Trinajstić information content (AvgIpc) is 2.96. The molecule has 1 aromatic rings. The third-order valence-electron chi connectivity index (χ3n) is 4.78. The summed E-state index contributed by atoms with van der Waals surface area (Å²) in [5.41, 5.74) is 0.194. The Bertz CT molecular complexity index is 686. The minimum absolute atomic E-state index is 0.0617. The second-order valence-electron chi connectivity index (χ2n) is 7.13. The van der Waals surface area contributed by atoms with Crippen LogP contribution in [0.3, 0.4) is 0 Å². The van der Waals surface area contributed by atoms with Crippen LogP contribution in [0.4, 0.5) is 13.2 Å². The molecule has 0 atom stereocenters. The predicted molar refractivity (Wildman–Crippen MR) is 90.6 cm³/mol. The lowest BCUT2D eigenvalue weighted by atomic mass is 9.78. The van der Waals surface area contributed by atoms with Crippen LogP contribution in [0.5, 0.6) is 0 Å². The zero-order chi connectivity index (χ0) is 20.9. The van der Waals surface area contributed by atoms with Crippen molar-refractivity contribution in [2.45, 2.75) is 19.0 Å². The Morgan fingerprint density at radius 3 is 2.32 bits per heavy atom. The molecule has 12 heteroatoms. The number of carboxylic acids is 1. The summed E-state index contributed by atoms with van der Waals surface area (Å²) in [4.78, 5) is 29.5. The van der Waals surface area contributed by atoms with Gasteiger partial charge >= 0.3 is 12.1 Å². The van der Waals surface area contributed by atoms with Crippen molar-refractivity contribution in [3.05, 3.63) is 12.2 Å². The van der Waals surface area contributed by atoms with E-state index in [9.17, 15) is 18.0 Å². The highest BCUT2D eigenvalue weighted by Crippen LogP contribution is 2.34. The molecular weight excluding hydrogens is 383 g/mol. The van der Waals surface area contributed by atoms with Gasteiger partial charge < -0.3 is 19.6 Å². The Morgan fingerprint density at radius 1 is 1.21 bits per heavy atom. The molecule has 3 rings (SSSR count). The van der Waals surface area contributed by atoms with Crippen LogP contribution in [0.1, 0.15) is 23.5 Å². The molecule has 0 aliphatic carbocycles. The third kappa shape index (κ3) is 5.89. The molecule has 1 spiro atoms. The van der Waals surface area contributed by atoms with Crippen molar-refractivity contribution in [2.24, 2.45) is 12.5 Å². The van der Waals surface area contributed by atoms with Crippen molar-refractivity contribution in [3.63, 3.8) is 0 Å². The van der Waals surface area contributed by atoms with E-state index in [1.807, 2.05) is 4.90 Å². The number of piperidine rings is 1. The third-order valence-corrected chi connectivity index (χ3v) is 4.78. The first-order chi connectivity index (χ1) is 13.0. The lowest BCUT2D eigenvalue weighted by Gasteiger charge is -2.41. The number of likely N-dealkylation sites (N-methyl/N-ethyl adjacent to an activating group) is 1. The number of carbonyl (C=O) groups is 2. The number of aromatic nitrogens is 3. The molecule has 2 aliphatic heterocycles. The van der Waals surface area contributed by atoms with E-state index in [-0.39, 0.29) is 11.3 Å². The maximum Gasteiger partial charge on any atom is 0.490 e. The number of carbonyl (C=O) groups excluding carboxylic acids is 1. The zero-order valence-electron chi connectivity index (χ0n) is 15.8. The molecule has 3 heterocycles. The van der Waals surface area contributed by atoms with E-state index < -0.39 is 12.1 Å². The van der Waals surface area contributed by atoms with Crippen molar-refractivity contribution in [1.82, 2.24) is 24.6 Å². The van der Waals surface area contributed by atoms with Gasteiger partial charge in [-0.15, -0.1) is 5.10 Å². The van der Waals surface area contributed by atoms with E-state index in [0.29, 0.717) is 5.82 Å². The van der Waals surface area contributed by atoms with Crippen molar-refractivity contribution in [1.29, 1.82) is 0 Å². The number of ether oxygens (including phenoxy) is 1. The van der Waals surface area contributed by atoms with Gasteiger partial charge in [-0.3, -0.25) is 9.48 Å². The Hall–Kier alpha value is -2.21. The minimum Gasteiger partial charge on any atom is -0.475 e. The molecule has 2 fully saturated rings. The summed E-state index contributed by atoms with van der Waals surface area (Å²) in [7, 11) is 3.92. The van der Waals surface area contributed by atoms with Gasteiger partial charge in [0.15, 0.2) is 0 Å². The van der Waals surface area contributed by atoms with E-state index in [0.717, 1.165) is 52.2 Å². The number of carboxylic acid groups (broad SMARTS) is 1.